The highest BCUT2D eigenvalue weighted by atomic mass is 16.5. The predicted octanol–water partition coefficient (Wildman–Crippen LogP) is 0.475. The summed E-state index contributed by atoms with van der Waals surface area (Å²) < 4.78 is 10.0. The van der Waals surface area contributed by atoms with Crippen LogP contribution in [-0.2, 0) is 4.74 Å². The molecule has 0 aliphatic carbocycles. The third-order valence-corrected chi connectivity index (χ3v) is 2.29. The van der Waals surface area contributed by atoms with Crippen molar-refractivity contribution in [2.45, 2.75) is 0 Å². The van der Waals surface area contributed by atoms with Crippen LogP contribution in [-0.4, -0.2) is 62.4 Å². The van der Waals surface area contributed by atoms with Gasteiger partial charge in [0.2, 0.25) is 11.8 Å². The average Bonchev–Trinajstić information content (AvgIpc) is 2.36. The Bertz CT molecular complexity index is 322. The Hall–Kier alpha value is -1.40. The summed E-state index contributed by atoms with van der Waals surface area (Å²) in [6.07, 6.45) is 1.67. The number of nitrogens with zero attached hydrogens (tertiary/aromatic N) is 3. The zero-order chi connectivity index (χ0) is 12.5. The molecule has 6 nitrogen and oxygen atoms in total. The molecular formula is C11H20N4O2. The average molecular weight is 240 g/mol. The molecule has 0 spiro atoms. The van der Waals surface area contributed by atoms with Crippen molar-refractivity contribution in [2.24, 2.45) is 0 Å². The van der Waals surface area contributed by atoms with E-state index in [2.05, 4.69) is 20.2 Å². The van der Waals surface area contributed by atoms with Gasteiger partial charge in [0, 0.05) is 39.0 Å². The second-order valence-electron chi connectivity index (χ2n) is 3.65. The first-order valence-electron chi connectivity index (χ1n) is 5.54. The first kappa shape index (κ1) is 13.7. The van der Waals surface area contributed by atoms with Gasteiger partial charge in [-0.25, -0.2) is 4.98 Å². The van der Waals surface area contributed by atoms with Gasteiger partial charge < -0.3 is 19.7 Å². The molecule has 0 radical (unpaired) electrons. The number of methoxy groups -OCH3 is 2. The van der Waals surface area contributed by atoms with Crippen molar-refractivity contribution in [3.63, 3.8) is 0 Å². The molecule has 96 valence electrons. The molecule has 0 aromatic carbocycles. The van der Waals surface area contributed by atoms with Gasteiger partial charge in [0.25, 0.3) is 0 Å². The minimum Gasteiger partial charge on any atom is -0.481 e. The topological polar surface area (TPSA) is 59.5 Å². The van der Waals surface area contributed by atoms with E-state index in [4.69, 9.17) is 9.47 Å². The number of nitrogens with one attached hydrogen (secondary N) is 1. The van der Waals surface area contributed by atoms with E-state index in [1.165, 1.54) is 0 Å². The molecule has 0 unspecified atom stereocenters. The van der Waals surface area contributed by atoms with Crippen molar-refractivity contribution in [3.05, 3.63) is 12.3 Å². The van der Waals surface area contributed by atoms with Gasteiger partial charge in [-0.1, -0.05) is 0 Å². The second kappa shape index (κ2) is 7.81. The van der Waals surface area contributed by atoms with Crippen molar-refractivity contribution >= 4 is 5.95 Å². The van der Waals surface area contributed by atoms with E-state index < -0.39 is 0 Å². The Balaban J connectivity index is 2.25. The SMILES string of the molecule is COCCN(C)CCNc1nccc(OC)n1. The highest BCUT2D eigenvalue weighted by Gasteiger charge is 2.00. The van der Waals surface area contributed by atoms with Crippen molar-refractivity contribution in [1.29, 1.82) is 0 Å². The van der Waals surface area contributed by atoms with Crippen molar-refractivity contribution in [3.8, 4) is 5.88 Å². The largest absolute Gasteiger partial charge is 0.481 e. The molecule has 1 heterocycles. The summed E-state index contributed by atoms with van der Waals surface area (Å²) in [5.41, 5.74) is 0. The monoisotopic (exact) mass is 240 g/mol. The van der Waals surface area contributed by atoms with Gasteiger partial charge in [0.15, 0.2) is 0 Å². The van der Waals surface area contributed by atoms with Crippen LogP contribution in [0.15, 0.2) is 12.3 Å². The fourth-order valence-electron chi connectivity index (χ4n) is 1.26. The van der Waals surface area contributed by atoms with Crippen LogP contribution in [0.2, 0.25) is 0 Å². The summed E-state index contributed by atoms with van der Waals surface area (Å²) in [7, 11) is 5.34. The maximum atomic E-state index is 5.02. The number of anilines is 1. The third kappa shape index (κ3) is 5.46. The van der Waals surface area contributed by atoms with Crippen molar-refractivity contribution in [2.75, 3.05) is 52.8 Å². The molecule has 0 amide bonds. The molecule has 1 rings (SSSR count). The number of rotatable bonds is 8. The Kier molecular flexibility index (Phi) is 6.27. The van der Waals surface area contributed by atoms with E-state index in [9.17, 15) is 0 Å². The van der Waals surface area contributed by atoms with E-state index in [0.29, 0.717) is 11.8 Å². The lowest BCUT2D eigenvalue weighted by molar-refractivity contribution is 0.163. The fraction of sp³-hybridized carbons (Fsp3) is 0.636. The maximum Gasteiger partial charge on any atom is 0.225 e. The first-order chi connectivity index (χ1) is 8.26. The predicted molar refractivity (Wildman–Crippen MR) is 66.4 cm³/mol. The van der Waals surface area contributed by atoms with Crippen LogP contribution in [0, 0.1) is 0 Å². The van der Waals surface area contributed by atoms with E-state index >= 15 is 0 Å². The van der Waals surface area contributed by atoms with Crippen molar-refractivity contribution in [1.82, 2.24) is 14.9 Å². The molecule has 0 saturated heterocycles. The summed E-state index contributed by atoms with van der Waals surface area (Å²) in [6, 6.07) is 1.72. The summed E-state index contributed by atoms with van der Waals surface area (Å²) >= 11 is 0. The number of aromatic nitrogens is 2. The standard InChI is InChI=1S/C11H20N4O2/c1-15(8-9-16-2)7-6-13-11-12-5-4-10(14-11)17-3/h4-5H,6-9H2,1-3H3,(H,12,13,14). The van der Waals surface area contributed by atoms with E-state index in [1.807, 2.05) is 7.05 Å². The zero-order valence-corrected chi connectivity index (χ0v) is 10.6. The van der Waals surface area contributed by atoms with Crippen LogP contribution in [0.25, 0.3) is 0 Å². The lowest BCUT2D eigenvalue weighted by Crippen LogP contribution is -2.28. The minimum absolute atomic E-state index is 0.565. The Labute approximate surface area is 102 Å². The van der Waals surface area contributed by atoms with Gasteiger partial charge >= 0.3 is 0 Å². The lowest BCUT2D eigenvalue weighted by Gasteiger charge is -2.16. The van der Waals surface area contributed by atoms with Gasteiger partial charge in [-0.3, -0.25) is 0 Å². The van der Waals surface area contributed by atoms with Crippen LogP contribution in [0.5, 0.6) is 5.88 Å². The fourth-order valence-corrected chi connectivity index (χ4v) is 1.26. The highest BCUT2D eigenvalue weighted by molar-refractivity contribution is 5.27. The minimum atomic E-state index is 0.565. The molecule has 0 fully saturated rings. The van der Waals surface area contributed by atoms with Gasteiger partial charge in [-0.2, -0.15) is 4.98 Å². The number of ether oxygens (including phenoxy) is 2. The smallest absolute Gasteiger partial charge is 0.225 e. The number of hydrogen-bond donors (Lipinski definition) is 1. The van der Waals surface area contributed by atoms with Crippen LogP contribution in [0.3, 0.4) is 0 Å². The Morgan fingerprint density at radius 3 is 2.88 bits per heavy atom. The van der Waals surface area contributed by atoms with Crippen molar-refractivity contribution < 1.29 is 9.47 Å². The molecule has 1 aromatic heterocycles. The van der Waals surface area contributed by atoms with Crippen LogP contribution in [0.1, 0.15) is 0 Å². The van der Waals surface area contributed by atoms with Gasteiger partial charge in [-0.05, 0) is 7.05 Å². The Morgan fingerprint density at radius 1 is 1.35 bits per heavy atom. The zero-order valence-electron chi connectivity index (χ0n) is 10.6. The van der Waals surface area contributed by atoms with E-state index in [-0.39, 0.29) is 0 Å². The first-order valence-corrected chi connectivity index (χ1v) is 5.54. The van der Waals surface area contributed by atoms with E-state index in [1.54, 1.807) is 26.5 Å². The normalized spacial score (nSPS) is 10.6. The molecule has 6 heteroatoms. The molecule has 0 bridgehead atoms. The highest BCUT2D eigenvalue weighted by Crippen LogP contribution is 2.06. The van der Waals surface area contributed by atoms with Crippen LogP contribution >= 0.6 is 0 Å². The van der Waals surface area contributed by atoms with Gasteiger partial charge in [0.1, 0.15) is 0 Å². The summed E-state index contributed by atoms with van der Waals surface area (Å²) in [4.78, 5) is 10.4. The van der Waals surface area contributed by atoms with Gasteiger partial charge in [-0.15, -0.1) is 0 Å². The summed E-state index contributed by atoms with van der Waals surface area (Å²) in [5.74, 6) is 1.15. The molecular weight excluding hydrogens is 220 g/mol. The summed E-state index contributed by atoms with van der Waals surface area (Å²) in [5, 5.41) is 3.14. The second-order valence-corrected chi connectivity index (χ2v) is 3.65. The van der Waals surface area contributed by atoms with E-state index in [0.717, 1.165) is 26.2 Å². The van der Waals surface area contributed by atoms with Crippen LogP contribution in [0.4, 0.5) is 5.95 Å². The Morgan fingerprint density at radius 2 is 2.18 bits per heavy atom. The quantitative estimate of drug-likeness (QED) is 0.713. The molecule has 0 aliphatic rings. The maximum absolute atomic E-state index is 5.02. The number of hydrogen-bond acceptors (Lipinski definition) is 6. The summed E-state index contributed by atoms with van der Waals surface area (Å²) in [6.45, 7) is 3.35. The number of likely N-dealkylation sites (N-methyl/N-ethyl adjacent to an activating group) is 1. The molecule has 1 N–H and O–H groups in total. The molecule has 17 heavy (non-hydrogen) atoms. The molecule has 0 saturated carbocycles. The molecule has 1 aromatic rings. The molecule has 0 atom stereocenters. The van der Waals surface area contributed by atoms with Gasteiger partial charge in [0.05, 0.1) is 13.7 Å². The molecule has 0 aliphatic heterocycles. The lowest BCUT2D eigenvalue weighted by atomic mass is 10.5. The third-order valence-electron chi connectivity index (χ3n) is 2.29. The van der Waals surface area contributed by atoms with Crippen LogP contribution < -0.4 is 10.1 Å².